The van der Waals surface area contributed by atoms with E-state index < -0.39 is 17.8 Å². The van der Waals surface area contributed by atoms with Crippen LogP contribution in [0.1, 0.15) is 41.1 Å². The van der Waals surface area contributed by atoms with Crippen molar-refractivity contribution in [3.63, 3.8) is 0 Å². The lowest BCUT2D eigenvalue weighted by atomic mass is 10.1. The second kappa shape index (κ2) is 11.4. The number of hydrogen-bond acceptors (Lipinski definition) is 7. The number of imidazole rings is 1. The summed E-state index contributed by atoms with van der Waals surface area (Å²) in [6.07, 6.45) is 6.28. The highest BCUT2D eigenvalue weighted by Crippen LogP contribution is 2.40. The third-order valence-electron chi connectivity index (χ3n) is 7.50. The molecule has 0 spiro atoms. The van der Waals surface area contributed by atoms with Crippen molar-refractivity contribution in [3.8, 4) is 27.6 Å². The molecule has 1 saturated heterocycles. The molecule has 12 heteroatoms. The first-order valence-corrected chi connectivity index (χ1v) is 14.8. The van der Waals surface area contributed by atoms with Gasteiger partial charge in [0.15, 0.2) is 11.6 Å². The topological polar surface area (TPSA) is 100 Å². The average Bonchev–Trinajstić information content (AvgIpc) is 3.70. The highest BCUT2D eigenvalue weighted by Gasteiger charge is 2.26. The van der Waals surface area contributed by atoms with Crippen molar-refractivity contribution in [3.05, 3.63) is 76.4 Å². The van der Waals surface area contributed by atoms with Gasteiger partial charge in [-0.05, 0) is 50.6 Å². The number of carbonyl (C=O) groups excluding carboxylic acids is 1. The minimum Gasteiger partial charge on any atom is -0.486 e. The van der Waals surface area contributed by atoms with E-state index in [1.54, 1.807) is 36.3 Å². The van der Waals surface area contributed by atoms with Gasteiger partial charge in [-0.3, -0.25) is 14.0 Å². The number of likely N-dealkylation sites (tertiary alicyclic amines) is 1. The summed E-state index contributed by atoms with van der Waals surface area (Å²) < 4.78 is 30.7. The molecule has 4 heterocycles. The van der Waals surface area contributed by atoms with Crippen LogP contribution in [0.15, 0.2) is 55.1 Å². The minimum atomic E-state index is -0.625. The SMILES string of the molecule is CC(Oc1cc(-n2cnc3cc(-c4cnn(C)c4)ccc32)sc1C(N)=O)c1ccc(F)c(OC2CCN(C)CC2)c1Cl. The second-order valence-corrected chi connectivity index (χ2v) is 11.9. The molecule has 0 aliphatic carbocycles. The monoisotopic (exact) mass is 608 g/mol. The maximum absolute atomic E-state index is 14.8. The lowest BCUT2D eigenvalue weighted by Gasteiger charge is -2.30. The summed E-state index contributed by atoms with van der Waals surface area (Å²) in [6.45, 7) is 3.53. The fourth-order valence-corrected chi connectivity index (χ4v) is 6.45. The maximum Gasteiger partial charge on any atom is 0.262 e. The fraction of sp³-hybridized carbons (Fsp3) is 0.300. The number of primary amides is 1. The first-order valence-electron chi connectivity index (χ1n) is 13.6. The summed E-state index contributed by atoms with van der Waals surface area (Å²) >= 11 is 7.88. The highest BCUT2D eigenvalue weighted by molar-refractivity contribution is 7.16. The number of fused-ring (bicyclic) bond motifs is 1. The number of hydrogen-bond donors (Lipinski definition) is 1. The van der Waals surface area contributed by atoms with Crippen molar-refractivity contribution in [1.29, 1.82) is 0 Å². The van der Waals surface area contributed by atoms with E-state index in [2.05, 4.69) is 22.0 Å². The molecule has 1 aliphatic heterocycles. The Morgan fingerprint density at radius 2 is 1.95 bits per heavy atom. The molecule has 2 N–H and O–H groups in total. The predicted molar refractivity (Wildman–Crippen MR) is 161 cm³/mol. The normalized spacial score (nSPS) is 15.3. The maximum atomic E-state index is 14.8. The molecule has 0 radical (unpaired) electrons. The minimum absolute atomic E-state index is 0.0239. The molecular weight excluding hydrogens is 579 g/mol. The first-order chi connectivity index (χ1) is 20.2. The van der Waals surface area contributed by atoms with E-state index in [4.69, 9.17) is 26.8 Å². The number of piperidine rings is 1. The van der Waals surface area contributed by atoms with E-state index in [0.29, 0.717) is 16.3 Å². The van der Waals surface area contributed by atoms with E-state index in [1.165, 1.54) is 17.4 Å². The van der Waals surface area contributed by atoms with Crippen LogP contribution in [0.25, 0.3) is 27.2 Å². The number of aromatic nitrogens is 4. The number of rotatable bonds is 8. The number of nitrogens with zero attached hydrogens (tertiary/aromatic N) is 5. The first kappa shape index (κ1) is 28.2. The Morgan fingerprint density at radius 1 is 1.17 bits per heavy atom. The molecule has 1 amide bonds. The number of benzene rings is 2. The van der Waals surface area contributed by atoms with E-state index >= 15 is 0 Å². The largest absolute Gasteiger partial charge is 0.486 e. The molecule has 218 valence electrons. The van der Waals surface area contributed by atoms with Gasteiger partial charge in [-0.1, -0.05) is 23.7 Å². The van der Waals surface area contributed by atoms with E-state index in [-0.39, 0.29) is 21.8 Å². The summed E-state index contributed by atoms with van der Waals surface area (Å²) in [6, 6.07) is 10.6. The van der Waals surface area contributed by atoms with Crippen LogP contribution < -0.4 is 15.2 Å². The van der Waals surface area contributed by atoms with Gasteiger partial charge in [0.25, 0.3) is 5.91 Å². The predicted octanol–water partition coefficient (Wildman–Crippen LogP) is 5.99. The Labute approximate surface area is 251 Å². The molecule has 9 nitrogen and oxygen atoms in total. The molecule has 42 heavy (non-hydrogen) atoms. The molecule has 2 aromatic carbocycles. The standard InChI is InChI=1S/C30H30ClFN6O3S/c1-17(21-5-6-22(32)28(27(21)31)41-20-8-10-36(2)11-9-20)40-25-13-26(42-29(25)30(33)39)38-16-34-23-12-18(4-7-24(23)38)19-14-35-37(3)15-19/h4-7,12-17,20H,8-11H2,1-3H3,(H2,33,39). The summed E-state index contributed by atoms with van der Waals surface area (Å²) in [7, 11) is 3.92. The van der Waals surface area contributed by atoms with Gasteiger partial charge in [0, 0.05) is 43.5 Å². The molecule has 0 saturated carbocycles. The number of thiophene rings is 1. The lowest BCUT2D eigenvalue weighted by molar-refractivity contribution is 0.0997. The van der Waals surface area contributed by atoms with Crippen LogP contribution in [-0.2, 0) is 7.05 Å². The smallest absolute Gasteiger partial charge is 0.262 e. The summed E-state index contributed by atoms with van der Waals surface area (Å²) in [5, 5.41) is 5.11. The Hall–Kier alpha value is -3.93. The van der Waals surface area contributed by atoms with Crippen LogP contribution in [0.3, 0.4) is 0 Å². The lowest BCUT2D eigenvalue weighted by Crippen LogP contribution is -2.35. The molecule has 6 rings (SSSR count). The summed E-state index contributed by atoms with van der Waals surface area (Å²) in [4.78, 5) is 19.5. The highest BCUT2D eigenvalue weighted by atomic mass is 35.5. The van der Waals surface area contributed by atoms with Crippen LogP contribution in [0, 0.1) is 5.82 Å². The van der Waals surface area contributed by atoms with Gasteiger partial charge in [0.1, 0.15) is 34.2 Å². The molecular formula is C30H30ClFN6O3S. The molecule has 0 bridgehead atoms. The van der Waals surface area contributed by atoms with Gasteiger partial charge in [-0.2, -0.15) is 5.10 Å². The Balaban J connectivity index is 1.27. The van der Waals surface area contributed by atoms with Gasteiger partial charge >= 0.3 is 0 Å². The third-order valence-corrected chi connectivity index (χ3v) is 9.02. The Kier molecular flexibility index (Phi) is 7.65. The second-order valence-electron chi connectivity index (χ2n) is 10.5. The number of halogens is 2. The number of carbonyl (C=O) groups is 1. The van der Waals surface area contributed by atoms with Crippen molar-refractivity contribution < 1.29 is 18.7 Å². The van der Waals surface area contributed by atoms with Gasteiger partial charge in [-0.15, -0.1) is 11.3 Å². The molecule has 1 unspecified atom stereocenters. The average molecular weight is 609 g/mol. The van der Waals surface area contributed by atoms with Gasteiger partial charge in [-0.25, -0.2) is 9.37 Å². The van der Waals surface area contributed by atoms with Crippen molar-refractivity contribution in [2.45, 2.75) is 32.0 Å². The van der Waals surface area contributed by atoms with Crippen LogP contribution in [0.5, 0.6) is 11.5 Å². The van der Waals surface area contributed by atoms with Crippen LogP contribution in [0.4, 0.5) is 4.39 Å². The quantitative estimate of drug-likeness (QED) is 0.232. The zero-order valence-corrected chi connectivity index (χ0v) is 25.0. The number of nitrogens with two attached hydrogens (primary N) is 1. The van der Waals surface area contributed by atoms with Gasteiger partial charge in [0.05, 0.1) is 22.3 Å². The van der Waals surface area contributed by atoms with Crippen molar-refractivity contribution >= 4 is 39.9 Å². The number of aryl methyl sites for hydroxylation is 1. The molecule has 1 fully saturated rings. The third kappa shape index (κ3) is 5.47. The fourth-order valence-electron chi connectivity index (χ4n) is 5.17. The molecule has 5 aromatic rings. The van der Waals surface area contributed by atoms with Crippen LogP contribution in [0.2, 0.25) is 5.02 Å². The number of amides is 1. The van der Waals surface area contributed by atoms with E-state index in [0.717, 1.165) is 48.1 Å². The summed E-state index contributed by atoms with van der Waals surface area (Å²) in [5.41, 5.74) is 9.92. The van der Waals surface area contributed by atoms with Gasteiger partial charge in [0.2, 0.25) is 0 Å². The zero-order valence-electron chi connectivity index (χ0n) is 23.4. The number of ether oxygens (including phenoxy) is 2. The van der Waals surface area contributed by atoms with Crippen LogP contribution in [-0.4, -0.2) is 56.4 Å². The molecule has 3 aromatic heterocycles. The Bertz CT molecular complexity index is 1770. The van der Waals surface area contributed by atoms with Crippen molar-refractivity contribution in [2.75, 3.05) is 20.1 Å². The van der Waals surface area contributed by atoms with Gasteiger partial charge < -0.3 is 20.1 Å². The molecule has 1 aliphatic rings. The molecule has 1 atom stereocenters. The zero-order chi connectivity index (χ0) is 29.5. The van der Waals surface area contributed by atoms with Crippen LogP contribution >= 0.6 is 22.9 Å². The van der Waals surface area contributed by atoms with E-state index in [1.807, 2.05) is 36.0 Å². The summed E-state index contributed by atoms with van der Waals surface area (Å²) in [5.74, 6) is -0.810. The van der Waals surface area contributed by atoms with Crippen molar-refractivity contribution in [2.24, 2.45) is 12.8 Å². The Morgan fingerprint density at radius 3 is 2.67 bits per heavy atom. The van der Waals surface area contributed by atoms with E-state index in [9.17, 15) is 9.18 Å². The van der Waals surface area contributed by atoms with Crippen molar-refractivity contribution in [1.82, 2.24) is 24.2 Å².